The van der Waals surface area contributed by atoms with Gasteiger partial charge in [0, 0.05) is 4.88 Å². The van der Waals surface area contributed by atoms with E-state index < -0.39 is 17.4 Å². The number of hydrogen-bond acceptors (Lipinski definition) is 5. The van der Waals surface area contributed by atoms with Crippen LogP contribution in [0.25, 0.3) is 0 Å². The zero-order valence-corrected chi connectivity index (χ0v) is 11.2. The van der Waals surface area contributed by atoms with Gasteiger partial charge in [-0.05, 0) is 19.8 Å². The van der Waals surface area contributed by atoms with Gasteiger partial charge in [0.25, 0.3) is 0 Å². The van der Waals surface area contributed by atoms with Crippen molar-refractivity contribution in [1.82, 2.24) is 15.2 Å². The van der Waals surface area contributed by atoms with Gasteiger partial charge < -0.3 is 0 Å². The molecule has 1 saturated heterocycles. The molecule has 0 unspecified atom stereocenters. The molecule has 7 heteroatoms. The molecule has 1 aliphatic heterocycles. The van der Waals surface area contributed by atoms with E-state index in [1.165, 1.54) is 11.3 Å². The summed E-state index contributed by atoms with van der Waals surface area (Å²) in [4.78, 5) is 42.2. The number of rotatable bonds is 2. The van der Waals surface area contributed by atoms with Crippen molar-refractivity contribution in [1.29, 1.82) is 0 Å². The highest BCUT2D eigenvalue weighted by molar-refractivity contribution is 7.09. The smallest absolute Gasteiger partial charge is 0.277 e. The third kappa shape index (κ3) is 1.68. The van der Waals surface area contributed by atoms with E-state index in [0.29, 0.717) is 12.8 Å². The van der Waals surface area contributed by atoms with Gasteiger partial charge in [-0.1, -0.05) is 6.42 Å². The minimum Gasteiger partial charge on any atom is -0.277 e. The summed E-state index contributed by atoms with van der Waals surface area (Å²) in [5.41, 5.74) is 1.50. The third-order valence-corrected chi connectivity index (χ3v) is 4.83. The number of barbiturate groups is 1. The van der Waals surface area contributed by atoms with Gasteiger partial charge in [0.2, 0.25) is 11.8 Å². The molecule has 0 aromatic carbocycles. The lowest BCUT2D eigenvalue weighted by atomic mass is 9.66. The molecular formula is C12H13N3O3S. The fourth-order valence-corrected chi connectivity index (χ4v) is 3.23. The Morgan fingerprint density at radius 1 is 1.42 bits per heavy atom. The minimum absolute atomic E-state index is 0.191. The molecule has 100 valence electrons. The van der Waals surface area contributed by atoms with Crippen LogP contribution in [0.5, 0.6) is 0 Å². The van der Waals surface area contributed by atoms with E-state index in [9.17, 15) is 14.4 Å². The molecule has 19 heavy (non-hydrogen) atoms. The first-order valence-corrected chi connectivity index (χ1v) is 6.99. The lowest BCUT2D eigenvalue weighted by Crippen LogP contribution is -2.65. The molecule has 1 aromatic heterocycles. The van der Waals surface area contributed by atoms with Crippen molar-refractivity contribution in [2.75, 3.05) is 0 Å². The van der Waals surface area contributed by atoms with Crippen molar-refractivity contribution in [2.24, 2.45) is 5.41 Å². The first-order valence-electron chi connectivity index (χ1n) is 6.11. The second-order valence-electron chi connectivity index (χ2n) is 4.95. The van der Waals surface area contributed by atoms with Gasteiger partial charge in [-0.25, -0.2) is 9.78 Å². The Morgan fingerprint density at radius 2 is 2.16 bits per heavy atom. The van der Waals surface area contributed by atoms with Crippen LogP contribution in [0.3, 0.4) is 0 Å². The summed E-state index contributed by atoms with van der Waals surface area (Å²) in [5.74, 6) is -0.800. The number of carbonyl (C=O) groups is 3. The average Bonchev–Trinajstić information content (AvgIpc) is 2.68. The number of amides is 4. The maximum Gasteiger partial charge on any atom is 0.331 e. The third-order valence-electron chi connectivity index (χ3n) is 3.91. The monoisotopic (exact) mass is 279 g/mol. The highest BCUT2D eigenvalue weighted by atomic mass is 32.1. The van der Waals surface area contributed by atoms with Crippen molar-refractivity contribution < 1.29 is 14.4 Å². The number of nitrogens with one attached hydrogen (secondary N) is 1. The Bertz CT molecular complexity index is 577. The van der Waals surface area contributed by atoms with Crippen molar-refractivity contribution in [3.05, 3.63) is 16.1 Å². The number of thiazole rings is 1. The maximum absolute atomic E-state index is 12.4. The minimum atomic E-state index is -0.994. The molecular weight excluding hydrogens is 266 g/mol. The van der Waals surface area contributed by atoms with Crippen molar-refractivity contribution >= 4 is 29.2 Å². The summed E-state index contributed by atoms with van der Waals surface area (Å²) in [7, 11) is 0. The van der Waals surface area contributed by atoms with Crippen LogP contribution in [-0.4, -0.2) is 27.7 Å². The summed E-state index contributed by atoms with van der Waals surface area (Å²) in [6, 6.07) is -0.625. The molecule has 1 aromatic rings. The highest BCUT2D eigenvalue weighted by Crippen LogP contribution is 2.44. The largest absolute Gasteiger partial charge is 0.331 e. The lowest BCUT2D eigenvalue weighted by molar-refractivity contribution is -0.158. The molecule has 1 N–H and O–H groups in total. The first-order chi connectivity index (χ1) is 9.04. The molecule has 0 atom stereocenters. The number of nitrogens with zero attached hydrogens (tertiary/aromatic N) is 2. The van der Waals surface area contributed by atoms with E-state index in [2.05, 4.69) is 10.3 Å². The van der Waals surface area contributed by atoms with Crippen LogP contribution < -0.4 is 5.32 Å². The topological polar surface area (TPSA) is 79.4 Å². The molecule has 4 amide bonds. The van der Waals surface area contributed by atoms with Gasteiger partial charge >= 0.3 is 6.03 Å². The molecule has 2 aliphatic rings. The van der Waals surface area contributed by atoms with Crippen LogP contribution in [0.15, 0.2) is 5.51 Å². The number of imide groups is 2. The summed E-state index contributed by atoms with van der Waals surface area (Å²) in [6.45, 7) is 2.03. The maximum atomic E-state index is 12.4. The standard InChI is InChI=1S/C12H13N3O3S/c1-7-8(19-6-13-7)5-15-10(17)12(3-2-4-12)9(16)14-11(15)18/h6H,2-5H2,1H3,(H,14,16,18). The Labute approximate surface area is 113 Å². The predicted molar refractivity (Wildman–Crippen MR) is 67.2 cm³/mol. The quantitative estimate of drug-likeness (QED) is 0.825. The number of aromatic nitrogens is 1. The molecule has 3 rings (SSSR count). The molecule has 1 spiro atoms. The fraction of sp³-hybridized carbons (Fsp3) is 0.500. The van der Waals surface area contributed by atoms with Crippen LogP contribution in [0.1, 0.15) is 29.8 Å². The molecule has 6 nitrogen and oxygen atoms in total. The van der Waals surface area contributed by atoms with Gasteiger partial charge in [0.1, 0.15) is 5.41 Å². The van der Waals surface area contributed by atoms with Gasteiger partial charge in [-0.15, -0.1) is 11.3 Å². The lowest BCUT2D eigenvalue weighted by Gasteiger charge is -2.44. The summed E-state index contributed by atoms with van der Waals surface area (Å²) >= 11 is 1.40. The summed E-state index contributed by atoms with van der Waals surface area (Å²) in [6.07, 6.45) is 1.91. The van der Waals surface area contributed by atoms with Crippen molar-refractivity contribution in [3.63, 3.8) is 0 Å². The van der Waals surface area contributed by atoms with Gasteiger partial charge in [0.15, 0.2) is 0 Å². The highest BCUT2D eigenvalue weighted by Gasteiger charge is 2.57. The Morgan fingerprint density at radius 3 is 2.68 bits per heavy atom. The van der Waals surface area contributed by atoms with Crippen LogP contribution in [0, 0.1) is 12.3 Å². The predicted octanol–water partition coefficient (Wildman–Crippen LogP) is 1.20. The van der Waals surface area contributed by atoms with E-state index >= 15 is 0 Å². The van der Waals surface area contributed by atoms with Gasteiger partial charge in [0.05, 0.1) is 17.7 Å². The molecule has 1 aliphatic carbocycles. The number of carbonyl (C=O) groups excluding carboxylic acids is 3. The van der Waals surface area contributed by atoms with E-state index in [0.717, 1.165) is 21.9 Å². The number of urea groups is 1. The van der Waals surface area contributed by atoms with Gasteiger partial charge in [-0.2, -0.15) is 0 Å². The van der Waals surface area contributed by atoms with Crippen molar-refractivity contribution in [3.8, 4) is 0 Å². The molecule has 2 heterocycles. The molecule has 1 saturated carbocycles. The second kappa shape index (κ2) is 4.12. The zero-order chi connectivity index (χ0) is 13.6. The van der Waals surface area contributed by atoms with E-state index in [4.69, 9.17) is 0 Å². The summed E-state index contributed by atoms with van der Waals surface area (Å²) < 4.78 is 0. The number of hydrogen-bond donors (Lipinski definition) is 1. The SMILES string of the molecule is Cc1ncsc1CN1C(=O)NC(=O)C2(CCC2)C1=O. The number of aryl methyl sites for hydroxylation is 1. The summed E-state index contributed by atoms with van der Waals surface area (Å²) in [5, 5.41) is 2.30. The van der Waals surface area contributed by atoms with Crippen molar-refractivity contribution in [2.45, 2.75) is 32.7 Å². The second-order valence-corrected chi connectivity index (χ2v) is 5.89. The van der Waals surface area contributed by atoms with E-state index in [1.807, 2.05) is 6.92 Å². The normalized spacial score (nSPS) is 21.5. The van der Waals surface area contributed by atoms with Gasteiger partial charge in [-0.3, -0.25) is 19.8 Å². The first kappa shape index (κ1) is 12.3. The molecule has 0 bridgehead atoms. The molecule has 0 radical (unpaired) electrons. The van der Waals surface area contributed by atoms with Crippen LogP contribution in [0.4, 0.5) is 4.79 Å². The average molecular weight is 279 g/mol. The molecule has 2 fully saturated rings. The van der Waals surface area contributed by atoms with E-state index in [1.54, 1.807) is 5.51 Å². The van der Waals surface area contributed by atoms with Crippen LogP contribution in [-0.2, 0) is 16.1 Å². The van der Waals surface area contributed by atoms with Crippen LogP contribution >= 0.6 is 11.3 Å². The Hall–Kier alpha value is -1.76. The zero-order valence-electron chi connectivity index (χ0n) is 10.4. The Kier molecular flexibility index (Phi) is 2.67. The Balaban J connectivity index is 1.88. The fourth-order valence-electron chi connectivity index (χ4n) is 2.47. The van der Waals surface area contributed by atoms with E-state index in [-0.39, 0.29) is 12.5 Å². The van der Waals surface area contributed by atoms with Crippen LogP contribution in [0.2, 0.25) is 0 Å².